The van der Waals surface area contributed by atoms with Crippen molar-refractivity contribution in [1.82, 2.24) is 9.88 Å². The van der Waals surface area contributed by atoms with Crippen LogP contribution in [0.1, 0.15) is 12.1 Å². The summed E-state index contributed by atoms with van der Waals surface area (Å²) in [5, 5.41) is 3.92. The lowest BCUT2D eigenvalue weighted by atomic mass is 10.2. The van der Waals surface area contributed by atoms with E-state index < -0.39 is 0 Å². The maximum absolute atomic E-state index is 5.90. The van der Waals surface area contributed by atoms with Gasteiger partial charge in [0.1, 0.15) is 5.01 Å². The fourth-order valence-electron chi connectivity index (χ4n) is 1.94. The molecule has 0 saturated carbocycles. The normalized spacial score (nSPS) is 11.2. The molecule has 3 nitrogen and oxygen atoms in total. The first kappa shape index (κ1) is 15.4. The number of ether oxygens (including phenoxy) is 1. The molecule has 0 aliphatic carbocycles. The van der Waals surface area contributed by atoms with Gasteiger partial charge in [-0.2, -0.15) is 0 Å². The van der Waals surface area contributed by atoms with E-state index in [1.807, 2.05) is 24.3 Å². The molecule has 2 rings (SSSR count). The van der Waals surface area contributed by atoms with E-state index >= 15 is 0 Å². The minimum Gasteiger partial charge on any atom is -0.385 e. The van der Waals surface area contributed by atoms with Gasteiger partial charge in [0.25, 0.3) is 0 Å². The van der Waals surface area contributed by atoms with Gasteiger partial charge in [-0.05, 0) is 25.6 Å². The molecule has 0 amide bonds. The Hall–Kier alpha value is -0.940. The van der Waals surface area contributed by atoms with E-state index in [-0.39, 0.29) is 0 Å². The van der Waals surface area contributed by atoms with Crippen molar-refractivity contribution in [2.75, 3.05) is 27.3 Å². The summed E-state index contributed by atoms with van der Waals surface area (Å²) in [5.41, 5.74) is 2.23. The van der Waals surface area contributed by atoms with Gasteiger partial charge in [0.15, 0.2) is 0 Å². The molecule has 1 aromatic heterocycles. The maximum atomic E-state index is 5.90. The fourth-order valence-corrected chi connectivity index (χ4v) is 2.88. The number of rotatable bonds is 7. The molecule has 0 aliphatic rings. The topological polar surface area (TPSA) is 25.4 Å². The standard InChI is InChI=1S/C15H19ClN2OS/c1-18(8-3-9-19-2)10-14-11-20-15(17-14)12-4-6-13(16)7-5-12/h4-7,11H,3,8-10H2,1-2H3. The molecule has 0 fully saturated rings. The first-order valence-corrected chi connectivity index (χ1v) is 7.82. The minimum atomic E-state index is 0.753. The predicted octanol–water partition coefficient (Wildman–Crippen LogP) is 3.93. The average Bonchev–Trinajstić information content (AvgIpc) is 2.88. The van der Waals surface area contributed by atoms with Crippen LogP contribution >= 0.6 is 22.9 Å². The van der Waals surface area contributed by atoms with Gasteiger partial charge in [-0.1, -0.05) is 23.7 Å². The van der Waals surface area contributed by atoms with E-state index in [0.717, 1.165) is 47.4 Å². The summed E-state index contributed by atoms with van der Waals surface area (Å²) in [6.07, 6.45) is 1.04. The molecule has 0 aliphatic heterocycles. The van der Waals surface area contributed by atoms with Crippen LogP contribution in [0.3, 0.4) is 0 Å². The fraction of sp³-hybridized carbons (Fsp3) is 0.400. The van der Waals surface area contributed by atoms with Crippen LogP contribution in [0.15, 0.2) is 29.6 Å². The highest BCUT2D eigenvalue weighted by molar-refractivity contribution is 7.13. The van der Waals surface area contributed by atoms with Crippen molar-refractivity contribution in [3.05, 3.63) is 40.4 Å². The number of benzene rings is 1. The molecule has 108 valence electrons. The van der Waals surface area contributed by atoms with Crippen molar-refractivity contribution in [1.29, 1.82) is 0 Å². The van der Waals surface area contributed by atoms with Crippen molar-refractivity contribution in [3.63, 3.8) is 0 Å². The summed E-state index contributed by atoms with van der Waals surface area (Å²) >= 11 is 7.57. The third kappa shape index (κ3) is 4.56. The third-order valence-corrected chi connectivity index (χ3v) is 4.16. The zero-order valence-corrected chi connectivity index (χ0v) is 13.4. The molecule has 0 atom stereocenters. The second-order valence-corrected chi connectivity index (χ2v) is 6.03. The lowest BCUT2D eigenvalue weighted by molar-refractivity contribution is 0.178. The lowest BCUT2D eigenvalue weighted by Crippen LogP contribution is -2.20. The Kier molecular flexibility index (Phi) is 5.98. The second-order valence-electron chi connectivity index (χ2n) is 4.74. The molecule has 20 heavy (non-hydrogen) atoms. The zero-order chi connectivity index (χ0) is 14.4. The summed E-state index contributed by atoms with van der Waals surface area (Å²) in [6.45, 7) is 2.69. The van der Waals surface area contributed by atoms with Crippen molar-refractivity contribution in [3.8, 4) is 10.6 Å². The minimum absolute atomic E-state index is 0.753. The van der Waals surface area contributed by atoms with Crippen LogP contribution in [0.4, 0.5) is 0 Å². The molecule has 1 aromatic carbocycles. The van der Waals surface area contributed by atoms with Gasteiger partial charge in [-0.15, -0.1) is 11.3 Å². The number of thiazole rings is 1. The Labute approximate surface area is 129 Å². The molecule has 0 saturated heterocycles. The highest BCUT2D eigenvalue weighted by atomic mass is 35.5. The summed E-state index contributed by atoms with van der Waals surface area (Å²) in [6, 6.07) is 7.81. The van der Waals surface area contributed by atoms with Crippen LogP contribution < -0.4 is 0 Å². The summed E-state index contributed by atoms with van der Waals surface area (Å²) in [4.78, 5) is 6.94. The highest BCUT2D eigenvalue weighted by Gasteiger charge is 2.07. The Morgan fingerprint density at radius 1 is 1.30 bits per heavy atom. The number of aromatic nitrogens is 1. The lowest BCUT2D eigenvalue weighted by Gasteiger charge is -2.14. The smallest absolute Gasteiger partial charge is 0.123 e. The average molecular weight is 311 g/mol. The molecule has 0 unspecified atom stereocenters. The molecule has 0 radical (unpaired) electrons. The Balaban J connectivity index is 1.93. The Morgan fingerprint density at radius 3 is 2.75 bits per heavy atom. The number of methoxy groups -OCH3 is 1. The third-order valence-electron chi connectivity index (χ3n) is 2.96. The van der Waals surface area contributed by atoms with Gasteiger partial charge in [-0.25, -0.2) is 4.98 Å². The van der Waals surface area contributed by atoms with Crippen LogP contribution in [-0.4, -0.2) is 37.2 Å². The number of nitrogens with zero attached hydrogens (tertiary/aromatic N) is 2. The van der Waals surface area contributed by atoms with Gasteiger partial charge in [0.2, 0.25) is 0 Å². The SMILES string of the molecule is COCCCN(C)Cc1csc(-c2ccc(Cl)cc2)n1. The largest absolute Gasteiger partial charge is 0.385 e. The molecule has 0 bridgehead atoms. The van der Waals surface area contributed by atoms with Gasteiger partial charge in [0, 0.05) is 42.8 Å². The molecular weight excluding hydrogens is 292 g/mol. The zero-order valence-electron chi connectivity index (χ0n) is 11.8. The molecule has 5 heteroatoms. The van der Waals surface area contributed by atoms with E-state index in [1.54, 1.807) is 18.4 Å². The van der Waals surface area contributed by atoms with E-state index in [4.69, 9.17) is 16.3 Å². The monoisotopic (exact) mass is 310 g/mol. The van der Waals surface area contributed by atoms with Gasteiger partial charge in [-0.3, -0.25) is 0 Å². The van der Waals surface area contributed by atoms with Gasteiger partial charge in [0.05, 0.1) is 5.69 Å². The van der Waals surface area contributed by atoms with E-state index in [1.165, 1.54) is 0 Å². The predicted molar refractivity (Wildman–Crippen MR) is 85.4 cm³/mol. The molecule has 2 aromatic rings. The van der Waals surface area contributed by atoms with Crippen molar-refractivity contribution in [2.24, 2.45) is 0 Å². The van der Waals surface area contributed by atoms with E-state index in [0.29, 0.717) is 0 Å². The number of halogens is 1. The summed E-state index contributed by atoms with van der Waals surface area (Å²) in [7, 11) is 3.84. The molecule has 0 spiro atoms. The number of hydrogen-bond donors (Lipinski definition) is 0. The van der Waals surface area contributed by atoms with Gasteiger partial charge >= 0.3 is 0 Å². The quantitative estimate of drug-likeness (QED) is 0.725. The van der Waals surface area contributed by atoms with E-state index in [9.17, 15) is 0 Å². The van der Waals surface area contributed by atoms with E-state index in [2.05, 4.69) is 22.3 Å². The number of hydrogen-bond acceptors (Lipinski definition) is 4. The summed E-state index contributed by atoms with van der Waals surface area (Å²) in [5.74, 6) is 0. The van der Waals surface area contributed by atoms with Gasteiger partial charge < -0.3 is 9.64 Å². The first-order valence-electron chi connectivity index (χ1n) is 6.57. The molecular formula is C15H19ClN2OS. The molecule has 0 N–H and O–H groups in total. The Bertz CT molecular complexity index is 527. The summed E-state index contributed by atoms with van der Waals surface area (Å²) < 4.78 is 5.06. The van der Waals surface area contributed by atoms with Crippen molar-refractivity contribution in [2.45, 2.75) is 13.0 Å². The van der Waals surface area contributed by atoms with Crippen LogP contribution in [0, 0.1) is 0 Å². The Morgan fingerprint density at radius 2 is 2.05 bits per heavy atom. The molecule has 1 heterocycles. The van der Waals surface area contributed by atoms with Crippen LogP contribution in [0.25, 0.3) is 10.6 Å². The van der Waals surface area contributed by atoms with Crippen molar-refractivity contribution >= 4 is 22.9 Å². The first-order chi connectivity index (χ1) is 9.69. The maximum Gasteiger partial charge on any atom is 0.123 e. The highest BCUT2D eigenvalue weighted by Crippen LogP contribution is 2.25. The van der Waals surface area contributed by atoms with Crippen LogP contribution in [-0.2, 0) is 11.3 Å². The second kappa shape index (κ2) is 7.74. The van der Waals surface area contributed by atoms with Crippen LogP contribution in [0.5, 0.6) is 0 Å². The van der Waals surface area contributed by atoms with Crippen molar-refractivity contribution < 1.29 is 4.74 Å². The van der Waals surface area contributed by atoms with Crippen LogP contribution in [0.2, 0.25) is 5.02 Å².